The zero-order valence-electron chi connectivity index (χ0n) is 17.2. The van der Waals surface area contributed by atoms with Gasteiger partial charge < -0.3 is 5.32 Å². The first-order chi connectivity index (χ1) is 15.9. The minimum atomic E-state index is -0.619. The van der Waals surface area contributed by atoms with Crippen LogP contribution in [0.1, 0.15) is 12.0 Å². The molecule has 1 N–H and O–H groups in total. The highest BCUT2D eigenvalue weighted by atomic mass is 79.9. The number of benzene rings is 3. The Kier molecular flexibility index (Phi) is 7.47. The third kappa shape index (κ3) is 6.22. The highest BCUT2D eigenvalue weighted by Gasteiger charge is 2.39. The minimum Gasteiger partial charge on any atom is -0.326 e. The molecule has 1 aliphatic heterocycles. The van der Waals surface area contributed by atoms with Crippen LogP contribution in [-0.2, 0) is 16.1 Å². The van der Waals surface area contributed by atoms with Crippen molar-refractivity contribution < 1.29 is 14.0 Å². The van der Waals surface area contributed by atoms with Crippen molar-refractivity contribution in [3.63, 3.8) is 0 Å². The average Bonchev–Trinajstić information content (AvgIpc) is 3.07. The summed E-state index contributed by atoms with van der Waals surface area (Å²) in [5.41, 5.74) is 2.05. The topological polar surface area (TPSA) is 61.8 Å². The molecule has 1 saturated heterocycles. The molecule has 0 radical (unpaired) electrons. The van der Waals surface area contributed by atoms with E-state index in [9.17, 15) is 14.0 Å². The Hall–Kier alpha value is -2.68. The molecular formula is C24H18BrClFN3O2S. The van der Waals surface area contributed by atoms with Crippen LogP contribution in [0.4, 0.5) is 15.8 Å². The SMILES string of the molecule is O=C(C[C@H]1SC(=Nc2ccc(Cl)cc2)N(Cc2ccc(F)cc2)C1=O)Nc1ccc(Br)cc1. The van der Waals surface area contributed by atoms with Gasteiger partial charge in [0.2, 0.25) is 11.8 Å². The molecule has 0 saturated carbocycles. The number of nitrogens with one attached hydrogen (secondary N) is 1. The molecule has 1 fully saturated rings. The molecule has 168 valence electrons. The lowest BCUT2D eigenvalue weighted by Crippen LogP contribution is -2.33. The molecular weight excluding hydrogens is 529 g/mol. The Bertz CT molecular complexity index is 1190. The van der Waals surface area contributed by atoms with Gasteiger partial charge in [-0.25, -0.2) is 9.38 Å². The molecule has 0 spiro atoms. The van der Waals surface area contributed by atoms with E-state index in [1.54, 1.807) is 48.5 Å². The van der Waals surface area contributed by atoms with Crippen LogP contribution in [0.5, 0.6) is 0 Å². The number of carbonyl (C=O) groups excluding carboxylic acids is 2. The lowest BCUT2D eigenvalue weighted by atomic mass is 10.2. The van der Waals surface area contributed by atoms with E-state index < -0.39 is 5.25 Å². The first kappa shape index (κ1) is 23.5. The number of nitrogens with zero attached hydrogens (tertiary/aromatic N) is 2. The fraction of sp³-hybridized carbons (Fsp3) is 0.125. The van der Waals surface area contributed by atoms with E-state index >= 15 is 0 Å². The van der Waals surface area contributed by atoms with Crippen LogP contribution >= 0.6 is 39.3 Å². The second-order valence-electron chi connectivity index (χ2n) is 7.29. The molecule has 0 aliphatic carbocycles. The van der Waals surface area contributed by atoms with E-state index in [4.69, 9.17) is 11.6 Å². The molecule has 1 aliphatic rings. The molecule has 2 amide bonds. The summed E-state index contributed by atoms with van der Waals surface area (Å²) in [6.07, 6.45) is -0.000873. The molecule has 3 aromatic rings. The Morgan fingerprint density at radius 1 is 1.06 bits per heavy atom. The normalized spacial score (nSPS) is 16.9. The van der Waals surface area contributed by atoms with Crippen molar-refractivity contribution in [2.75, 3.05) is 5.32 Å². The van der Waals surface area contributed by atoms with E-state index in [0.717, 1.165) is 10.0 Å². The van der Waals surface area contributed by atoms with Gasteiger partial charge in [0.25, 0.3) is 0 Å². The standard InChI is InChI=1S/C24H18BrClFN3O2S/c25-16-3-9-19(10-4-16)28-22(31)13-21-23(32)30(14-15-1-7-18(27)8-2-15)24(33-21)29-20-11-5-17(26)6-12-20/h1-12,21H,13-14H2,(H,28,31)/t21-/m1/s1. The highest BCUT2D eigenvalue weighted by Crippen LogP contribution is 2.33. The number of amidine groups is 1. The molecule has 3 aromatic carbocycles. The zero-order valence-corrected chi connectivity index (χ0v) is 20.3. The Morgan fingerprint density at radius 2 is 1.73 bits per heavy atom. The average molecular weight is 547 g/mol. The van der Waals surface area contributed by atoms with Crippen molar-refractivity contribution >= 4 is 67.6 Å². The number of hydrogen-bond donors (Lipinski definition) is 1. The van der Waals surface area contributed by atoms with Crippen LogP contribution in [0.15, 0.2) is 82.3 Å². The van der Waals surface area contributed by atoms with Gasteiger partial charge in [0.05, 0.1) is 12.2 Å². The van der Waals surface area contributed by atoms with Crippen molar-refractivity contribution in [1.82, 2.24) is 4.90 Å². The predicted molar refractivity (Wildman–Crippen MR) is 134 cm³/mol. The Morgan fingerprint density at radius 3 is 2.39 bits per heavy atom. The number of hydrogen-bond acceptors (Lipinski definition) is 4. The number of thioether (sulfide) groups is 1. The van der Waals surface area contributed by atoms with Crippen LogP contribution < -0.4 is 5.32 Å². The number of anilines is 1. The molecule has 0 unspecified atom stereocenters. The lowest BCUT2D eigenvalue weighted by molar-refractivity contribution is -0.128. The summed E-state index contributed by atoms with van der Waals surface area (Å²) < 4.78 is 14.2. The van der Waals surface area contributed by atoms with Gasteiger partial charge in [-0.3, -0.25) is 14.5 Å². The number of halogens is 3. The number of carbonyl (C=O) groups is 2. The van der Waals surface area contributed by atoms with Crippen molar-refractivity contribution in [3.05, 3.63) is 93.7 Å². The van der Waals surface area contributed by atoms with Crippen LogP contribution in [0, 0.1) is 5.82 Å². The molecule has 1 heterocycles. The fourth-order valence-corrected chi connectivity index (χ4v) is 4.73. The summed E-state index contributed by atoms with van der Waals surface area (Å²) in [6.45, 7) is 0.226. The van der Waals surface area contributed by atoms with Gasteiger partial charge in [0, 0.05) is 21.6 Å². The summed E-state index contributed by atoms with van der Waals surface area (Å²) in [5, 5.41) is 3.26. The summed E-state index contributed by atoms with van der Waals surface area (Å²) in [7, 11) is 0. The summed E-state index contributed by atoms with van der Waals surface area (Å²) >= 11 is 10.6. The largest absolute Gasteiger partial charge is 0.326 e. The monoisotopic (exact) mass is 545 g/mol. The van der Waals surface area contributed by atoms with E-state index in [0.29, 0.717) is 21.6 Å². The molecule has 0 bridgehead atoms. The van der Waals surface area contributed by atoms with E-state index in [1.807, 2.05) is 12.1 Å². The smallest absolute Gasteiger partial charge is 0.242 e. The van der Waals surface area contributed by atoms with Gasteiger partial charge in [-0.15, -0.1) is 0 Å². The summed E-state index contributed by atoms with van der Waals surface area (Å²) in [4.78, 5) is 32.0. The molecule has 1 atom stereocenters. The highest BCUT2D eigenvalue weighted by molar-refractivity contribution is 9.10. The second-order valence-corrected chi connectivity index (χ2v) is 9.81. The maximum atomic E-state index is 13.3. The zero-order chi connectivity index (χ0) is 23.4. The molecule has 4 rings (SSSR count). The summed E-state index contributed by atoms with van der Waals surface area (Å²) in [5.74, 6) is -0.834. The Labute approximate surface area is 208 Å². The van der Waals surface area contributed by atoms with Gasteiger partial charge in [0.1, 0.15) is 11.1 Å². The first-order valence-electron chi connectivity index (χ1n) is 9.99. The number of rotatable bonds is 6. The third-order valence-electron chi connectivity index (χ3n) is 4.82. The summed E-state index contributed by atoms with van der Waals surface area (Å²) in [6, 6.07) is 20.1. The Balaban J connectivity index is 1.53. The fourth-order valence-electron chi connectivity index (χ4n) is 3.18. The van der Waals surface area contributed by atoms with Gasteiger partial charge in [-0.1, -0.05) is 51.4 Å². The first-order valence-corrected chi connectivity index (χ1v) is 12.0. The van der Waals surface area contributed by atoms with Crippen LogP contribution in [0.25, 0.3) is 0 Å². The van der Waals surface area contributed by atoms with E-state index in [1.165, 1.54) is 28.8 Å². The van der Waals surface area contributed by atoms with Crippen LogP contribution in [0.2, 0.25) is 5.02 Å². The van der Waals surface area contributed by atoms with Gasteiger partial charge >= 0.3 is 0 Å². The quantitative estimate of drug-likeness (QED) is 0.389. The van der Waals surface area contributed by atoms with Crippen molar-refractivity contribution in [1.29, 1.82) is 0 Å². The van der Waals surface area contributed by atoms with E-state index in [2.05, 4.69) is 26.2 Å². The lowest BCUT2D eigenvalue weighted by Gasteiger charge is -2.16. The molecule has 33 heavy (non-hydrogen) atoms. The van der Waals surface area contributed by atoms with Crippen molar-refractivity contribution in [3.8, 4) is 0 Å². The van der Waals surface area contributed by atoms with Gasteiger partial charge in [-0.2, -0.15) is 0 Å². The van der Waals surface area contributed by atoms with Gasteiger partial charge in [-0.05, 0) is 66.2 Å². The van der Waals surface area contributed by atoms with Crippen molar-refractivity contribution in [2.45, 2.75) is 18.2 Å². The maximum absolute atomic E-state index is 13.3. The third-order valence-corrected chi connectivity index (χ3v) is 6.78. The van der Waals surface area contributed by atoms with Gasteiger partial charge in [0.15, 0.2) is 5.17 Å². The number of amides is 2. The van der Waals surface area contributed by atoms with Crippen molar-refractivity contribution in [2.24, 2.45) is 4.99 Å². The minimum absolute atomic E-state index is 0.000873. The number of aliphatic imine (C=N–C) groups is 1. The van der Waals surface area contributed by atoms with Crippen LogP contribution in [-0.4, -0.2) is 27.1 Å². The molecule has 0 aromatic heterocycles. The van der Waals surface area contributed by atoms with E-state index in [-0.39, 0.29) is 30.6 Å². The molecule has 9 heteroatoms. The van der Waals surface area contributed by atoms with Crippen LogP contribution in [0.3, 0.4) is 0 Å². The predicted octanol–water partition coefficient (Wildman–Crippen LogP) is 6.40. The second kappa shape index (κ2) is 10.5. The maximum Gasteiger partial charge on any atom is 0.242 e. The molecule has 5 nitrogen and oxygen atoms in total.